The van der Waals surface area contributed by atoms with E-state index in [1.165, 1.54) is 5.56 Å². The molecule has 7 heteroatoms. The molecule has 3 aromatic rings. The van der Waals surface area contributed by atoms with E-state index >= 15 is 0 Å². The van der Waals surface area contributed by atoms with Crippen LogP contribution in [-0.2, 0) is 24.2 Å². The molecule has 32 heavy (non-hydrogen) atoms. The Balaban J connectivity index is 1.60. The number of amides is 1. The van der Waals surface area contributed by atoms with Crippen molar-refractivity contribution in [2.75, 3.05) is 7.11 Å². The summed E-state index contributed by atoms with van der Waals surface area (Å²) in [5.74, 6) is 0.999. The molecule has 0 spiro atoms. The average molecular weight is 560 g/mol. The van der Waals surface area contributed by atoms with Crippen molar-refractivity contribution in [2.45, 2.75) is 26.4 Å². The fourth-order valence-electron chi connectivity index (χ4n) is 2.99. The Bertz CT molecular complexity index is 1080. The lowest BCUT2D eigenvalue weighted by Crippen LogP contribution is -2.19. The third-order valence-electron chi connectivity index (χ3n) is 4.75. The molecule has 0 fully saturated rings. The Hall–Kier alpha value is -2.64. The van der Waals surface area contributed by atoms with Gasteiger partial charge in [-0.3, -0.25) is 4.79 Å². The third-order valence-corrected chi connectivity index (χ3v) is 5.86. The number of hydrogen-bond acceptors (Lipinski definition) is 4. The highest BCUT2D eigenvalue weighted by molar-refractivity contribution is 9.10. The second kappa shape index (κ2) is 11.8. The molecule has 0 bridgehead atoms. The molecule has 3 rings (SSSR count). The molecule has 0 saturated carbocycles. The molecule has 166 valence electrons. The zero-order valence-electron chi connectivity index (χ0n) is 17.9. The minimum atomic E-state index is -0.175. The molecule has 1 amide bonds. The zero-order valence-corrected chi connectivity index (χ0v) is 21.1. The van der Waals surface area contributed by atoms with Crippen molar-refractivity contribution in [1.82, 2.24) is 5.43 Å². The van der Waals surface area contributed by atoms with E-state index in [1.807, 2.05) is 54.6 Å². The number of methoxy groups -OCH3 is 1. The van der Waals surface area contributed by atoms with Gasteiger partial charge in [0.1, 0.15) is 6.61 Å². The van der Waals surface area contributed by atoms with Gasteiger partial charge in [-0.15, -0.1) is 0 Å². The molecular formula is C25H24Br2N2O3. The van der Waals surface area contributed by atoms with Crippen LogP contribution in [0.25, 0.3) is 0 Å². The van der Waals surface area contributed by atoms with Gasteiger partial charge in [-0.2, -0.15) is 5.10 Å². The van der Waals surface area contributed by atoms with Crippen molar-refractivity contribution in [1.29, 1.82) is 0 Å². The van der Waals surface area contributed by atoms with E-state index in [1.54, 1.807) is 19.4 Å². The first-order valence-electron chi connectivity index (χ1n) is 10.1. The molecule has 0 heterocycles. The summed E-state index contributed by atoms with van der Waals surface area (Å²) in [6, 6.07) is 19.6. The standard InChI is InChI=1S/C25H24Br2N2O3/c1-3-17-4-6-18(7-5-17)14-24(30)29-28-15-20-12-22(27)25(23(13-20)31-2)32-16-19-8-10-21(26)11-9-19/h4-13,15H,3,14,16H2,1-2H3,(H,29,30)/b28-15+. The lowest BCUT2D eigenvalue weighted by Gasteiger charge is -2.13. The summed E-state index contributed by atoms with van der Waals surface area (Å²) in [7, 11) is 1.58. The number of carbonyl (C=O) groups excluding carboxylic acids is 1. The van der Waals surface area contributed by atoms with Crippen LogP contribution in [0.3, 0.4) is 0 Å². The van der Waals surface area contributed by atoms with Crippen LogP contribution in [0.1, 0.15) is 29.2 Å². The predicted molar refractivity (Wildman–Crippen MR) is 134 cm³/mol. The maximum atomic E-state index is 12.2. The lowest BCUT2D eigenvalue weighted by atomic mass is 10.1. The summed E-state index contributed by atoms with van der Waals surface area (Å²) >= 11 is 6.97. The van der Waals surface area contributed by atoms with Gasteiger partial charge < -0.3 is 9.47 Å². The summed E-state index contributed by atoms with van der Waals surface area (Å²) in [6.45, 7) is 2.51. The number of carbonyl (C=O) groups is 1. The first kappa shape index (κ1) is 24.0. The van der Waals surface area contributed by atoms with E-state index in [-0.39, 0.29) is 12.3 Å². The van der Waals surface area contributed by atoms with Gasteiger partial charge in [0.25, 0.3) is 0 Å². The number of aryl methyl sites for hydroxylation is 1. The molecule has 0 aliphatic heterocycles. The number of hydrazone groups is 1. The topological polar surface area (TPSA) is 59.9 Å². The fraction of sp³-hybridized carbons (Fsp3) is 0.200. The van der Waals surface area contributed by atoms with E-state index in [4.69, 9.17) is 9.47 Å². The lowest BCUT2D eigenvalue weighted by molar-refractivity contribution is -0.120. The Kier molecular flexibility index (Phi) is 8.88. The van der Waals surface area contributed by atoms with Crippen LogP contribution in [0, 0.1) is 0 Å². The SMILES string of the molecule is CCc1ccc(CC(=O)N/N=C/c2cc(Br)c(OCc3ccc(Br)cc3)c(OC)c2)cc1. The van der Waals surface area contributed by atoms with Crippen molar-refractivity contribution in [2.24, 2.45) is 5.10 Å². The Morgan fingerprint density at radius 3 is 2.31 bits per heavy atom. The molecule has 3 aromatic carbocycles. The fourth-order valence-corrected chi connectivity index (χ4v) is 3.83. The summed E-state index contributed by atoms with van der Waals surface area (Å²) in [4.78, 5) is 12.2. The Labute approximate surface area is 205 Å². The van der Waals surface area contributed by atoms with Crippen LogP contribution in [-0.4, -0.2) is 19.2 Å². The molecular weight excluding hydrogens is 536 g/mol. The number of nitrogens with zero attached hydrogens (tertiary/aromatic N) is 1. The molecule has 1 N–H and O–H groups in total. The molecule has 0 aromatic heterocycles. The first-order chi connectivity index (χ1) is 15.5. The zero-order chi connectivity index (χ0) is 22.9. The van der Waals surface area contributed by atoms with Gasteiger partial charge >= 0.3 is 0 Å². The maximum Gasteiger partial charge on any atom is 0.244 e. The minimum Gasteiger partial charge on any atom is -0.493 e. The van der Waals surface area contributed by atoms with Crippen LogP contribution < -0.4 is 14.9 Å². The van der Waals surface area contributed by atoms with Crippen molar-refractivity contribution >= 4 is 44.0 Å². The number of nitrogens with one attached hydrogen (secondary N) is 1. The van der Waals surface area contributed by atoms with Crippen LogP contribution >= 0.6 is 31.9 Å². The molecule has 0 aliphatic rings. The van der Waals surface area contributed by atoms with Gasteiger partial charge in [0.05, 0.1) is 24.2 Å². The quantitative estimate of drug-likeness (QED) is 0.256. The second-order valence-corrected chi connectivity index (χ2v) is 8.86. The highest BCUT2D eigenvalue weighted by Crippen LogP contribution is 2.36. The van der Waals surface area contributed by atoms with Gasteiger partial charge in [0, 0.05) is 4.47 Å². The maximum absolute atomic E-state index is 12.2. The summed E-state index contributed by atoms with van der Waals surface area (Å²) in [6.07, 6.45) is 2.82. The predicted octanol–water partition coefficient (Wildman–Crippen LogP) is 6.05. The number of rotatable bonds is 9. The number of hydrogen-bond donors (Lipinski definition) is 1. The highest BCUT2D eigenvalue weighted by Gasteiger charge is 2.12. The monoisotopic (exact) mass is 558 g/mol. The van der Waals surface area contributed by atoms with E-state index in [0.717, 1.165) is 32.1 Å². The van der Waals surface area contributed by atoms with Crippen LogP contribution in [0.4, 0.5) is 0 Å². The van der Waals surface area contributed by atoms with E-state index in [0.29, 0.717) is 18.1 Å². The largest absolute Gasteiger partial charge is 0.493 e. The molecule has 5 nitrogen and oxygen atoms in total. The van der Waals surface area contributed by atoms with E-state index in [2.05, 4.69) is 49.3 Å². The molecule has 0 radical (unpaired) electrons. The van der Waals surface area contributed by atoms with Crippen LogP contribution in [0.15, 0.2) is 74.7 Å². The summed E-state index contributed by atoms with van der Waals surface area (Å²) < 4.78 is 13.2. The van der Waals surface area contributed by atoms with Gasteiger partial charge in [0.15, 0.2) is 11.5 Å². The van der Waals surface area contributed by atoms with Crippen molar-refractivity contribution in [3.8, 4) is 11.5 Å². The van der Waals surface area contributed by atoms with Gasteiger partial charge in [-0.1, -0.05) is 59.3 Å². The summed E-state index contributed by atoms with van der Waals surface area (Å²) in [5.41, 5.74) is 6.57. The van der Waals surface area contributed by atoms with Crippen molar-refractivity contribution in [3.63, 3.8) is 0 Å². The van der Waals surface area contributed by atoms with Crippen LogP contribution in [0.5, 0.6) is 11.5 Å². The molecule has 0 atom stereocenters. The second-order valence-electron chi connectivity index (χ2n) is 7.09. The molecule has 0 aliphatic carbocycles. The number of halogens is 2. The number of benzene rings is 3. The minimum absolute atomic E-state index is 0.175. The summed E-state index contributed by atoms with van der Waals surface area (Å²) in [5, 5.41) is 4.07. The number of ether oxygens (including phenoxy) is 2. The molecule has 0 unspecified atom stereocenters. The van der Waals surface area contributed by atoms with Gasteiger partial charge in [-0.05, 0) is 68.9 Å². The van der Waals surface area contributed by atoms with Gasteiger partial charge in [-0.25, -0.2) is 5.43 Å². The van der Waals surface area contributed by atoms with E-state index < -0.39 is 0 Å². The first-order valence-corrected chi connectivity index (χ1v) is 11.7. The molecule has 0 saturated heterocycles. The van der Waals surface area contributed by atoms with Crippen LogP contribution in [0.2, 0.25) is 0 Å². The Morgan fingerprint density at radius 1 is 1.00 bits per heavy atom. The smallest absolute Gasteiger partial charge is 0.244 e. The van der Waals surface area contributed by atoms with Crippen molar-refractivity contribution in [3.05, 3.63) is 91.9 Å². The normalized spacial score (nSPS) is 10.9. The third kappa shape index (κ3) is 6.93. The Morgan fingerprint density at radius 2 is 1.66 bits per heavy atom. The highest BCUT2D eigenvalue weighted by atomic mass is 79.9. The average Bonchev–Trinajstić information content (AvgIpc) is 2.79. The van der Waals surface area contributed by atoms with Gasteiger partial charge in [0.2, 0.25) is 5.91 Å². The van der Waals surface area contributed by atoms with Crippen molar-refractivity contribution < 1.29 is 14.3 Å². The van der Waals surface area contributed by atoms with E-state index in [9.17, 15) is 4.79 Å².